The lowest BCUT2D eigenvalue weighted by Crippen LogP contribution is -1.78. The standard InChI is InChI=1S/C2H4O2/c1-2(3)4/h1H3,(H,3,4)/i2-1. The highest BCUT2D eigenvalue weighted by atomic mass is 16.3. The van der Waals surface area contributed by atoms with Crippen LogP contribution in [0, 0.1) is 0 Å². The van der Waals surface area contributed by atoms with Gasteiger partial charge in [-0.2, -0.15) is 0 Å². The zero-order valence-corrected chi connectivity index (χ0v) is 2.36. The van der Waals surface area contributed by atoms with E-state index in [1.165, 1.54) is 0 Å². The summed E-state index contributed by atoms with van der Waals surface area (Å²) in [5, 5.41) is 7.42. The molecule has 0 aromatic heterocycles. The smallest absolute Gasteiger partial charge is 0.300 e. The van der Waals surface area contributed by atoms with Crippen molar-refractivity contribution in [3.8, 4) is 0 Å². The molecule has 24 valence electrons. The number of hydrogen-bond acceptors (Lipinski definition) is 1. The molecule has 0 aromatic rings. The average Bonchev–Trinajstić information content (AvgIpc) is 0.811. The van der Waals surface area contributed by atoms with E-state index in [1.54, 1.807) is 0 Å². The summed E-state index contributed by atoms with van der Waals surface area (Å²) in [5.74, 6) is -0.833. The number of hydrogen-bond donors (Lipinski definition) is 1. The van der Waals surface area contributed by atoms with Crippen molar-refractivity contribution in [2.45, 2.75) is 6.92 Å². The molecule has 1 N–H and O–H groups in total. The normalized spacial score (nSPS) is 6.25. The summed E-state index contributed by atoms with van der Waals surface area (Å²) < 4.78 is 0. The summed E-state index contributed by atoms with van der Waals surface area (Å²) in [4.78, 5) is 9.00. The van der Waals surface area contributed by atoms with E-state index in [0.29, 0.717) is 0 Å². The second-order valence-corrected chi connectivity index (χ2v) is 0.519. The molecule has 0 unspecified atom stereocenters. The van der Waals surface area contributed by atoms with Crippen LogP contribution in [0.3, 0.4) is 0 Å². The van der Waals surface area contributed by atoms with Crippen molar-refractivity contribution in [1.29, 1.82) is 0 Å². The van der Waals surface area contributed by atoms with Crippen LogP contribution in [-0.2, 0) is 4.79 Å². The average molecular weight is 59.1 g/mol. The van der Waals surface area contributed by atoms with Gasteiger partial charge in [-0.15, -0.1) is 0 Å². The SMILES string of the molecule is C[11C](=O)O. The summed E-state index contributed by atoms with van der Waals surface area (Å²) >= 11 is 0. The van der Waals surface area contributed by atoms with Gasteiger partial charge >= 0.3 is 0 Å². The van der Waals surface area contributed by atoms with Gasteiger partial charge in [-0.1, -0.05) is 0 Å². The van der Waals surface area contributed by atoms with E-state index >= 15 is 0 Å². The van der Waals surface area contributed by atoms with Gasteiger partial charge < -0.3 is 5.11 Å². The maximum absolute atomic E-state index is 9.00. The molecule has 0 heterocycles. The molecule has 0 amide bonds. The van der Waals surface area contributed by atoms with Crippen LogP contribution in [0.5, 0.6) is 0 Å². The van der Waals surface area contributed by atoms with Gasteiger partial charge in [-0.05, 0) is 0 Å². The first-order valence-electron chi connectivity index (χ1n) is 0.928. The van der Waals surface area contributed by atoms with Gasteiger partial charge in [0.15, 0.2) is 0 Å². The molecule has 0 saturated heterocycles. The Morgan fingerprint density at radius 3 is 2.00 bits per heavy atom. The summed E-state index contributed by atoms with van der Waals surface area (Å²) in [6.07, 6.45) is 0. The molecular weight excluding hydrogens is 55.0 g/mol. The Hall–Kier alpha value is -0.530. The zero-order valence-electron chi connectivity index (χ0n) is 2.36. The Morgan fingerprint density at radius 2 is 2.00 bits per heavy atom. The van der Waals surface area contributed by atoms with Gasteiger partial charge in [0.1, 0.15) is 0 Å². The molecule has 0 aliphatic carbocycles. The molecule has 0 spiro atoms. The lowest BCUT2D eigenvalue weighted by molar-refractivity contribution is -0.134. The molecule has 0 aliphatic heterocycles. The number of carboxylic acid groups (broad SMARTS) is 1. The third-order valence-electron chi connectivity index (χ3n) is 0. The lowest BCUT2D eigenvalue weighted by atomic mass is 10.2. The molecule has 0 aromatic carbocycles. The molecular formula is C2H4O2. The van der Waals surface area contributed by atoms with E-state index in [2.05, 4.69) is 0 Å². The van der Waals surface area contributed by atoms with E-state index < -0.39 is 5.97 Å². The Morgan fingerprint density at radius 1 is 2.00 bits per heavy atom. The predicted molar refractivity (Wildman–Crippen MR) is 13.3 cm³/mol. The van der Waals surface area contributed by atoms with Crippen LogP contribution in [-0.4, -0.2) is 11.1 Å². The van der Waals surface area contributed by atoms with Gasteiger partial charge in [0.2, 0.25) is 0 Å². The summed E-state index contributed by atoms with van der Waals surface area (Å²) in [6.45, 7) is 1.08. The van der Waals surface area contributed by atoms with Gasteiger partial charge in [0.05, 0.1) is 0 Å². The highest BCUT2D eigenvalue weighted by Crippen LogP contribution is 1.42. The molecule has 4 heavy (non-hydrogen) atoms. The molecule has 0 saturated carbocycles. The number of carboxylic acids is 1. The minimum absolute atomic E-state index is 0.833. The van der Waals surface area contributed by atoms with Gasteiger partial charge in [-0.3, -0.25) is 4.79 Å². The minimum Gasteiger partial charge on any atom is -0.481 e. The Bertz CT molecular complexity index is 27.0. The highest BCUT2D eigenvalue weighted by molar-refractivity contribution is 5.62. The molecule has 0 fully saturated rings. The maximum Gasteiger partial charge on any atom is 0.300 e. The number of carbonyl (C=O) groups is 1. The quantitative estimate of drug-likeness (QED) is 0.429. The fraction of sp³-hybridized carbons (Fsp3) is 0.500. The van der Waals surface area contributed by atoms with Gasteiger partial charge in [-0.25, -0.2) is 0 Å². The second-order valence-electron chi connectivity index (χ2n) is 0.519. The fourth-order valence-electron chi connectivity index (χ4n) is 0. The molecule has 2 nitrogen and oxygen atoms in total. The number of aliphatic carboxylic acids is 1. The summed E-state index contributed by atoms with van der Waals surface area (Å²) in [6, 6.07) is 0. The third-order valence-corrected chi connectivity index (χ3v) is 0. The van der Waals surface area contributed by atoms with Gasteiger partial charge in [0.25, 0.3) is 5.97 Å². The molecule has 0 aliphatic rings. The lowest BCUT2D eigenvalue weighted by Gasteiger charge is -1.59. The van der Waals surface area contributed by atoms with Crippen molar-refractivity contribution in [2.24, 2.45) is 0 Å². The van der Waals surface area contributed by atoms with Crippen LogP contribution in [0.25, 0.3) is 0 Å². The van der Waals surface area contributed by atoms with E-state index in [9.17, 15) is 0 Å². The third kappa shape index (κ3) is 1.16. The molecule has 0 bridgehead atoms. The van der Waals surface area contributed by atoms with Crippen LogP contribution in [0.1, 0.15) is 6.92 Å². The fourth-order valence-corrected chi connectivity index (χ4v) is 0. The Balaban J connectivity index is 2.80. The Labute approximate surface area is 24.1 Å². The van der Waals surface area contributed by atoms with Crippen molar-refractivity contribution in [3.05, 3.63) is 0 Å². The van der Waals surface area contributed by atoms with E-state index in [0.717, 1.165) is 6.92 Å². The molecule has 0 atom stereocenters. The first-order chi connectivity index (χ1) is 1.73. The summed E-state index contributed by atoms with van der Waals surface area (Å²) in [7, 11) is 0. The van der Waals surface area contributed by atoms with E-state index in [4.69, 9.17) is 9.90 Å². The Kier molecular flexibility index (Phi) is 0.759. The monoisotopic (exact) mass is 59.0 g/mol. The van der Waals surface area contributed by atoms with Crippen LogP contribution in [0.15, 0.2) is 0 Å². The van der Waals surface area contributed by atoms with Crippen molar-refractivity contribution in [1.82, 2.24) is 0 Å². The zero-order chi connectivity index (χ0) is 3.58. The largest absolute Gasteiger partial charge is 0.481 e. The maximum atomic E-state index is 9.00. The molecule has 2 heteroatoms. The predicted octanol–water partition coefficient (Wildman–Crippen LogP) is 0.0909. The van der Waals surface area contributed by atoms with Crippen LogP contribution >= 0.6 is 0 Å². The molecule has 0 radical (unpaired) electrons. The molecule has 0 rings (SSSR count). The van der Waals surface area contributed by atoms with Crippen molar-refractivity contribution < 1.29 is 9.90 Å². The first kappa shape index (κ1) is 3.47. The van der Waals surface area contributed by atoms with Crippen LogP contribution in [0.4, 0.5) is 0 Å². The second kappa shape index (κ2) is 0.875. The number of rotatable bonds is 0. The highest BCUT2D eigenvalue weighted by Gasteiger charge is 1.65. The van der Waals surface area contributed by atoms with Crippen molar-refractivity contribution in [2.75, 3.05) is 0 Å². The summed E-state index contributed by atoms with van der Waals surface area (Å²) in [5.41, 5.74) is 0. The van der Waals surface area contributed by atoms with Crippen molar-refractivity contribution >= 4 is 5.97 Å². The van der Waals surface area contributed by atoms with Crippen LogP contribution in [0.2, 0.25) is 0 Å². The van der Waals surface area contributed by atoms with Gasteiger partial charge in [0, 0.05) is 6.92 Å². The topological polar surface area (TPSA) is 37.3 Å². The van der Waals surface area contributed by atoms with Crippen molar-refractivity contribution in [3.63, 3.8) is 0 Å². The minimum atomic E-state index is -0.833. The van der Waals surface area contributed by atoms with E-state index in [1.807, 2.05) is 0 Å². The van der Waals surface area contributed by atoms with Crippen LogP contribution < -0.4 is 0 Å². The van der Waals surface area contributed by atoms with E-state index in [-0.39, 0.29) is 0 Å². The first-order valence-corrected chi connectivity index (χ1v) is 0.928.